The van der Waals surface area contributed by atoms with E-state index in [1.54, 1.807) is 6.07 Å². The van der Waals surface area contributed by atoms with E-state index in [1.165, 1.54) is 31.2 Å². The lowest BCUT2D eigenvalue weighted by Gasteiger charge is -2.22. The Balaban J connectivity index is 1.43. The van der Waals surface area contributed by atoms with E-state index in [2.05, 4.69) is 10.6 Å². The minimum atomic E-state index is -1.37. The third kappa shape index (κ3) is 4.36. The predicted octanol–water partition coefficient (Wildman–Crippen LogP) is 4.06. The molecule has 1 heterocycles. The summed E-state index contributed by atoms with van der Waals surface area (Å²) in [4.78, 5) is 49.5. The molecule has 0 unspecified atom stereocenters. The molecule has 2 N–H and O–H groups in total. The summed E-state index contributed by atoms with van der Waals surface area (Å²) in [6.45, 7) is 1.43. The Bertz CT molecular complexity index is 1260. The van der Waals surface area contributed by atoms with Crippen LogP contribution in [0.25, 0.3) is 11.1 Å². The van der Waals surface area contributed by atoms with Crippen molar-refractivity contribution in [1.82, 2.24) is 10.2 Å². The molecular formula is C25H22N4O5. The first-order chi connectivity index (χ1) is 16.3. The van der Waals surface area contributed by atoms with Crippen LogP contribution in [0.1, 0.15) is 18.9 Å². The van der Waals surface area contributed by atoms with Crippen LogP contribution in [0.3, 0.4) is 0 Å². The number of para-hydroxylation sites is 1. The third-order valence-electron chi connectivity index (χ3n) is 5.78. The Morgan fingerprint density at radius 3 is 2.32 bits per heavy atom. The van der Waals surface area contributed by atoms with Gasteiger partial charge in [-0.05, 0) is 36.2 Å². The average molecular weight is 458 g/mol. The average Bonchev–Trinajstić information content (AvgIpc) is 3.07. The Kier molecular flexibility index (Phi) is 6.09. The maximum atomic E-state index is 13.0. The highest BCUT2D eigenvalue weighted by Crippen LogP contribution is 2.31. The lowest BCUT2D eigenvalue weighted by atomic mass is 9.92. The van der Waals surface area contributed by atoms with Crippen molar-refractivity contribution in [2.75, 3.05) is 11.9 Å². The first-order valence-corrected chi connectivity index (χ1v) is 10.6. The van der Waals surface area contributed by atoms with E-state index in [0.717, 1.165) is 16.0 Å². The molecular weight excluding hydrogens is 436 g/mol. The van der Waals surface area contributed by atoms with Crippen molar-refractivity contribution in [2.45, 2.75) is 18.9 Å². The van der Waals surface area contributed by atoms with Gasteiger partial charge in [-0.2, -0.15) is 0 Å². The fourth-order valence-electron chi connectivity index (χ4n) is 3.90. The van der Waals surface area contributed by atoms with E-state index < -0.39 is 22.4 Å². The van der Waals surface area contributed by atoms with Crippen LogP contribution in [0.5, 0.6) is 0 Å². The first kappa shape index (κ1) is 22.7. The number of hydrogen-bond acceptors (Lipinski definition) is 5. The van der Waals surface area contributed by atoms with E-state index in [0.29, 0.717) is 11.3 Å². The summed E-state index contributed by atoms with van der Waals surface area (Å²) < 4.78 is 0. The number of urea groups is 1. The second kappa shape index (κ2) is 9.14. The number of nitrogens with zero attached hydrogens (tertiary/aromatic N) is 2. The summed E-state index contributed by atoms with van der Waals surface area (Å²) in [6.07, 6.45) is -0.0847. The number of rotatable bonds is 7. The van der Waals surface area contributed by atoms with Gasteiger partial charge in [0.15, 0.2) is 0 Å². The van der Waals surface area contributed by atoms with Crippen LogP contribution in [0, 0.1) is 10.1 Å². The lowest BCUT2D eigenvalue weighted by molar-refractivity contribution is -0.384. The van der Waals surface area contributed by atoms with Crippen LogP contribution >= 0.6 is 0 Å². The van der Waals surface area contributed by atoms with Crippen molar-refractivity contribution in [1.29, 1.82) is 0 Å². The monoisotopic (exact) mass is 458 g/mol. The molecule has 1 aliphatic rings. The molecule has 4 amide bonds. The van der Waals surface area contributed by atoms with Crippen molar-refractivity contribution in [3.63, 3.8) is 0 Å². The number of nitro benzene ring substituents is 1. The Morgan fingerprint density at radius 1 is 1.00 bits per heavy atom. The molecule has 172 valence electrons. The fourth-order valence-corrected chi connectivity index (χ4v) is 3.90. The summed E-state index contributed by atoms with van der Waals surface area (Å²) in [5.41, 5.74) is 1.37. The van der Waals surface area contributed by atoms with E-state index in [1.807, 2.05) is 48.5 Å². The van der Waals surface area contributed by atoms with Crippen molar-refractivity contribution >= 4 is 29.2 Å². The molecule has 1 fully saturated rings. The number of anilines is 1. The van der Waals surface area contributed by atoms with Crippen LogP contribution in [-0.4, -0.2) is 34.2 Å². The molecule has 0 saturated carbocycles. The topological polar surface area (TPSA) is 122 Å². The van der Waals surface area contributed by atoms with Gasteiger partial charge in [-0.15, -0.1) is 0 Å². The molecule has 0 bridgehead atoms. The molecule has 1 atom stereocenters. The van der Waals surface area contributed by atoms with Crippen LogP contribution in [0.4, 0.5) is 16.2 Å². The number of amides is 4. The molecule has 1 aliphatic heterocycles. The van der Waals surface area contributed by atoms with E-state index in [9.17, 15) is 24.5 Å². The largest absolute Gasteiger partial charge is 0.325 e. The van der Waals surface area contributed by atoms with Crippen molar-refractivity contribution in [2.24, 2.45) is 0 Å². The van der Waals surface area contributed by atoms with Crippen molar-refractivity contribution in [3.05, 3.63) is 94.5 Å². The molecule has 0 spiro atoms. The molecule has 4 rings (SSSR count). The predicted molar refractivity (Wildman–Crippen MR) is 126 cm³/mol. The van der Waals surface area contributed by atoms with Crippen LogP contribution in [0.15, 0.2) is 78.9 Å². The summed E-state index contributed by atoms with van der Waals surface area (Å²) in [5.74, 6) is -0.864. The number of nitrogens with one attached hydrogen (secondary N) is 2. The van der Waals surface area contributed by atoms with Gasteiger partial charge in [-0.3, -0.25) is 24.6 Å². The molecule has 1 saturated heterocycles. The minimum absolute atomic E-state index is 0.0847. The number of non-ortho nitro benzene ring substituents is 1. The summed E-state index contributed by atoms with van der Waals surface area (Å²) >= 11 is 0. The normalized spacial score (nSPS) is 17.4. The third-order valence-corrected chi connectivity index (χ3v) is 5.78. The highest BCUT2D eigenvalue weighted by molar-refractivity contribution is 6.07. The second-order valence-corrected chi connectivity index (χ2v) is 8.03. The molecule has 0 aromatic heterocycles. The zero-order valence-electron chi connectivity index (χ0n) is 18.4. The number of carbonyl (C=O) groups is 3. The van der Waals surface area contributed by atoms with Crippen LogP contribution < -0.4 is 10.6 Å². The number of imide groups is 1. The van der Waals surface area contributed by atoms with E-state index in [-0.39, 0.29) is 24.6 Å². The van der Waals surface area contributed by atoms with Gasteiger partial charge in [0.1, 0.15) is 5.54 Å². The van der Waals surface area contributed by atoms with E-state index in [4.69, 9.17) is 0 Å². The smallest absolute Gasteiger partial charge is 0.325 e. The standard InChI is InChI=1S/C25H22N4O5/c1-25(18-11-13-19(14-12-18)29(33)34)23(31)28(24(32)27-25)16-15-22(30)26-21-10-6-5-9-20(21)17-7-3-2-4-8-17/h2-14H,15-16H2,1H3,(H,26,30)(H,27,32)/t25-/m0/s1. The number of benzene rings is 3. The Labute approximate surface area is 195 Å². The maximum absolute atomic E-state index is 13.0. The van der Waals surface area contributed by atoms with Gasteiger partial charge in [0.2, 0.25) is 5.91 Å². The quantitative estimate of drug-likeness (QED) is 0.314. The molecule has 3 aromatic carbocycles. The van der Waals surface area contributed by atoms with E-state index >= 15 is 0 Å². The molecule has 9 nitrogen and oxygen atoms in total. The lowest BCUT2D eigenvalue weighted by Crippen LogP contribution is -2.41. The highest BCUT2D eigenvalue weighted by Gasteiger charge is 2.48. The SMILES string of the molecule is C[C@@]1(c2ccc([N+](=O)[O-])cc2)NC(=O)N(CCC(=O)Nc2ccccc2-c2ccccc2)C1=O. The molecule has 9 heteroatoms. The van der Waals surface area contributed by atoms with Gasteiger partial charge in [0.25, 0.3) is 11.6 Å². The van der Waals surface area contributed by atoms with Crippen LogP contribution in [-0.2, 0) is 15.1 Å². The summed E-state index contributed by atoms with van der Waals surface area (Å²) in [7, 11) is 0. The van der Waals surface area contributed by atoms with Gasteiger partial charge in [-0.25, -0.2) is 4.79 Å². The summed E-state index contributed by atoms with van der Waals surface area (Å²) in [5, 5.41) is 16.4. The summed E-state index contributed by atoms with van der Waals surface area (Å²) in [6, 6.07) is 21.8. The zero-order valence-corrected chi connectivity index (χ0v) is 18.4. The molecule has 3 aromatic rings. The Hall–Kier alpha value is -4.53. The van der Waals surface area contributed by atoms with Crippen molar-refractivity contribution in [3.8, 4) is 11.1 Å². The van der Waals surface area contributed by atoms with Crippen molar-refractivity contribution < 1.29 is 19.3 Å². The van der Waals surface area contributed by atoms with Gasteiger partial charge >= 0.3 is 6.03 Å². The van der Waals surface area contributed by atoms with Crippen LogP contribution in [0.2, 0.25) is 0 Å². The first-order valence-electron chi connectivity index (χ1n) is 10.6. The van der Waals surface area contributed by atoms with Gasteiger partial charge in [0, 0.05) is 36.3 Å². The van der Waals surface area contributed by atoms with Gasteiger partial charge in [-0.1, -0.05) is 48.5 Å². The highest BCUT2D eigenvalue weighted by atomic mass is 16.6. The molecule has 34 heavy (non-hydrogen) atoms. The minimum Gasteiger partial charge on any atom is -0.325 e. The number of hydrogen-bond donors (Lipinski definition) is 2. The van der Waals surface area contributed by atoms with Gasteiger partial charge < -0.3 is 10.6 Å². The fraction of sp³-hybridized carbons (Fsp3) is 0.160. The van der Waals surface area contributed by atoms with Gasteiger partial charge in [0.05, 0.1) is 4.92 Å². The zero-order chi connectivity index (χ0) is 24.3. The number of nitro groups is 1. The maximum Gasteiger partial charge on any atom is 0.325 e. The second-order valence-electron chi connectivity index (χ2n) is 8.03. The number of carbonyl (C=O) groups excluding carboxylic acids is 3. The molecule has 0 aliphatic carbocycles. The Morgan fingerprint density at radius 2 is 1.65 bits per heavy atom. The molecule has 0 radical (unpaired) electrons.